The molecule has 0 fully saturated rings. The molecular weight excluding hydrogens is 446 g/mol. The van der Waals surface area contributed by atoms with E-state index in [1.165, 1.54) is 44.9 Å². The van der Waals surface area contributed by atoms with Crippen LogP contribution in [0.25, 0.3) is 0 Å². The number of amides is 1. The quantitative estimate of drug-likeness (QED) is 0.379. The molecule has 3 rings (SSSR count). The van der Waals surface area contributed by atoms with Crippen molar-refractivity contribution in [2.75, 3.05) is 25.1 Å². The Bertz CT molecular complexity index is 1230. The molecule has 3 aromatic rings. The molecule has 0 spiro atoms. The molecule has 0 saturated carbocycles. The fourth-order valence-corrected chi connectivity index (χ4v) is 4.63. The molecule has 1 aromatic heterocycles. The predicted octanol–water partition coefficient (Wildman–Crippen LogP) is 3.26. The van der Waals surface area contributed by atoms with Crippen LogP contribution in [0.4, 0.5) is 5.69 Å². The third kappa shape index (κ3) is 5.72. The maximum atomic E-state index is 13.6. The Morgan fingerprint density at radius 1 is 1.06 bits per heavy atom. The molecule has 0 unspecified atom stereocenters. The van der Waals surface area contributed by atoms with E-state index in [0.717, 1.165) is 15.4 Å². The molecular formula is C23H25N3O6S. The standard InChI is InChI=1S/C23H25N3O6S/c1-16-10-17(2)12-18(11-16)26(15-23(27)25-24-14-19-6-5-9-32-19)33(28,29)20-7-8-21(30-3)22(13-20)31-4/h5-14H,15H2,1-4H3,(H,25,27). The van der Waals surface area contributed by atoms with E-state index in [0.29, 0.717) is 17.2 Å². The van der Waals surface area contributed by atoms with Crippen LogP contribution in [0.2, 0.25) is 0 Å². The molecule has 0 aliphatic heterocycles. The number of aryl methyl sites for hydroxylation is 2. The van der Waals surface area contributed by atoms with Crippen molar-refractivity contribution in [3.8, 4) is 11.5 Å². The number of rotatable bonds is 9. The van der Waals surface area contributed by atoms with Gasteiger partial charge in [-0.25, -0.2) is 13.8 Å². The van der Waals surface area contributed by atoms with E-state index in [1.807, 2.05) is 19.9 Å². The summed E-state index contributed by atoms with van der Waals surface area (Å²) in [6, 6.07) is 12.9. The van der Waals surface area contributed by atoms with Gasteiger partial charge in [-0.1, -0.05) is 6.07 Å². The Kier molecular flexibility index (Phi) is 7.39. The van der Waals surface area contributed by atoms with Gasteiger partial charge in [0.1, 0.15) is 12.3 Å². The number of carbonyl (C=O) groups is 1. The van der Waals surface area contributed by atoms with Gasteiger partial charge in [0.2, 0.25) is 0 Å². The summed E-state index contributed by atoms with van der Waals surface area (Å²) in [5.41, 5.74) is 4.40. The molecule has 33 heavy (non-hydrogen) atoms. The number of hydrazone groups is 1. The van der Waals surface area contributed by atoms with Crippen LogP contribution in [0.3, 0.4) is 0 Å². The summed E-state index contributed by atoms with van der Waals surface area (Å²) in [5, 5.41) is 3.82. The highest BCUT2D eigenvalue weighted by Gasteiger charge is 2.28. The molecule has 1 amide bonds. The maximum absolute atomic E-state index is 13.6. The van der Waals surface area contributed by atoms with Gasteiger partial charge in [-0.3, -0.25) is 9.10 Å². The second-order valence-corrected chi connectivity index (χ2v) is 9.05. The van der Waals surface area contributed by atoms with Crippen LogP contribution >= 0.6 is 0 Å². The Morgan fingerprint density at radius 3 is 2.36 bits per heavy atom. The van der Waals surface area contributed by atoms with E-state index in [1.54, 1.807) is 24.3 Å². The van der Waals surface area contributed by atoms with E-state index < -0.39 is 22.5 Å². The van der Waals surface area contributed by atoms with Crippen molar-refractivity contribution in [3.63, 3.8) is 0 Å². The van der Waals surface area contributed by atoms with E-state index in [4.69, 9.17) is 13.9 Å². The average Bonchev–Trinajstić information content (AvgIpc) is 3.29. The summed E-state index contributed by atoms with van der Waals surface area (Å²) in [7, 11) is -1.27. The van der Waals surface area contributed by atoms with E-state index in [-0.39, 0.29) is 10.6 Å². The highest BCUT2D eigenvalue weighted by Crippen LogP contribution is 2.32. The first-order chi connectivity index (χ1) is 15.7. The minimum Gasteiger partial charge on any atom is -0.493 e. The van der Waals surface area contributed by atoms with E-state index >= 15 is 0 Å². The lowest BCUT2D eigenvalue weighted by Crippen LogP contribution is -2.39. The van der Waals surface area contributed by atoms with Crippen LogP contribution in [-0.4, -0.2) is 41.3 Å². The Balaban J connectivity index is 1.96. The first kappa shape index (κ1) is 23.9. The smallest absolute Gasteiger partial charge is 0.264 e. The Morgan fingerprint density at radius 2 is 1.76 bits per heavy atom. The zero-order valence-electron chi connectivity index (χ0n) is 18.7. The zero-order valence-corrected chi connectivity index (χ0v) is 19.5. The number of anilines is 1. The Hall–Kier alpha value is -3.79. The molecule has 0 saturated heterocycles. The normalized spacial score (nSPS) is 11.4. The van der Waals surface area contributed by atoms with Crippen molar-refractivity contribution < 1.29 is 27.1 Å². The second-order valence-electron chi connectivity index (χ2n) is 7.18. The molecule has 0 radical (unpaired) electrons. The number of hydrogen-bond acceptors (Lipinski definition) is 7. The lowest BCUT2D eigenvalue weighted by molar-refractivity contribution is -0.119. The highest BCUT2D eigenvalue weighted by atomic mass is 32.2. The molecule has 1 heterocycles. The fourth-order valence-electron chi connectivity index (χ4n) is 3.21. The minimum absolute atomic E-state index is 0.0498. The number of methoxy groups -OCH3 is 2. The van der Waals surface area contributed by atoms with Gasteiger partial charge < -0.3 is 13.9 Å². The van der Waals surface area contributed by atoms with Gasteiger partial charge in [0.15, 0.2) is 11.5 Å². The van der Waals surface area contributed by atoms with Gasteiger partial charge >= 0.3 is 0 Å². The van der Waals surface area contributed by atoms with Gasteiger partial charge in [0.25, 0.3) is 15.9 Å². The van der Waals surface area contributed by atoms with Gasteiger partial charge in [-0.05, 0) is 61.4 Å². The number of ether oxygens (including phenoxy) is 2. The van der Waals surface area contributed by atoms with Crippen molar-refractivity contribution in [1.82, 2.24) is 5.43 Å². The largest absolute Gasteiger partial charge is 0.493 e. The number of hydrogen-bond donors (Lipinski definition) is 1. The first-order valence-corrected chi connectivity index (χ1v) is 11.4. The number of nitrogens with one attached hydrogen (secondary N) is 1. The molecule has 0 aliphatic rings. The average molecular weight is 472 g/mol. The third-order valence-corrected chi connectivity index (χ3v) is 6.42. The fraction of sp³-hybridized carbons (Fsp3) is 0.217. The van der Waals surface area contributed by atoms with Gasteiger partial charge in [0.05, 0.1) is 37.3 Å². The van der Waals surface area contributed by atoms with Gasteiger partial charge in [0, 0.05) is 6.07 Å². The zero-order chi connectivity index (χ0) is 24.0. The number of sulfonamides is 1. The van der Waals surface area contributed by atoms with Crippen LogP contribution in [0.1, 0.15) is 16.9 Å². The molecule has 0 aliphatic carbocycles. The second kappa shape index (κ2) is 10.2. The maximum Gasteiger partial charge on any atom is 0.264 e. The number of benzene rings is 2. The van der Waals surface area contributed by atoms with Crippen LogP contribution in [-0.2, 0) is 14.8 Å². The van der Waals surface area contributed by atoms with Crippen LogP contribution in [0.15, 0.2) is 69.2 Å². The van der Waals surface area contributed by atoms with Gasteiger partial charge in [-0.2, -0.15) is 5.10 Å². The van der Waals surface area contributed by atoms with Gasteiger partial charge in [-0.15, -0.1) is 0 Å². The monoisotopic (exact) mass is 471 g/mol. The molecule has 2 aromatic carbocycles. The van der Waals surface area contributed by atoms with Crippen molar-refractivity contribution in [2.24, 2.45) is 5.10 Å². The summed E-state index contributed by atoms with van der Waals surface area (Å²) < 4.78 is 43.8. The van der Waals surface area contributed by atoms with E-state index in [2.05, 4.69) is 10.5 Å². The third-order valence-electron chi connectivity index (χ3n) is 4.65. The summed E-state index contributed by atoms with van der Waals surface area (Å²) in [6.07, 6.45) is 2.79. The first-order valence-electron chi connectivity index (χ1n) is 9.93. The minimum atomic E-state index is -4.14. The number of furan rings is 1. The molecule has 174 valence electrons. The molecule has 10 heteroatoms. The Labute approximate surface area is 192 Å². The number of carbonyl (C=O) groups excluding carboxylic acids is 1. The lowest BCUT2D eigenvalue weighted by Gasteiger charge is -2.25. The highest BCUT2D eigenvalue weighted by molar-refractivity contribution is 7.92. The van der Waals surface area contributed by atoms with Crippen LogP contribution < -0.4 is 19.2 Å². The number of nitrogens with zero attached hydrogens (tertiary/aromatic N) is 2. The summed E-state index contributed by atoms with van der Waals surface area (Å²) in [5.74, 6) is 0.464. The molecule has 1 N–H and O–H groups in total. The van der Waals surface area contributed by atoms with Crippen molar-refractivity contribution >= 4 is 27.8 Å². The molecule has 9 nitrogen and oxygen atoms in total. The predicted molar refractivity (Wildman–Crippen MR) is 124 cm³/mol. The van der Waals surface area contributed by atoms with Crippen molar-refractivity contribution in [2.45, 2.75) is 18.7 Å². The summed E-state index contributed by atoms with van der Waals surface area (Å²) >= 11 is 0. The topological polar surface area (TPSA) is 110 Å². The van der Waals surface area contributed by atoms with Crippen LogP contribution in [0, 0.1) is 13.8 Å². The summed E-state index contributed by atoms with van der Waals surface area (Å²) in [6.45, 7) is 3.21. The van der Waals surface area contributed by atoms with E-state index in [9.17, 15) is 13.2 Å². The molecule has 0 atom stereocenters. The van der Waals surface area contributed by atoms with Crippen LogP contribution in [0.5, 0.6) is 11.5 Å². The summed E-state index contributed by atoms with van der Waals surface area (Å²) in [4.78, 5) is 12.6. The molecule has 0 bridgehead atoms. The SMILES string of the molecule is COc1ccc(S(=O)(=O)N(CC(=O)NN=Cc2ccco2)c2cc(C)cc(C)c2)cc1OC. The lowest BCUT2D eigenvalue weighted by atomic mass is 10.1. The van der Waals surface area contributed by atoms with Crippen molar-refractivity contribution in [3.05, 3.63) is 71.7 Å². The van der Waals surface area contributed by atoms with Crippen molar-refractivity contribution in [1.29, 1.82) is 0 Å².